The fourth-order valence-corrected chi connectivity index (χ4v) is 1.66. The molecule has 0 bridgehead atoms. The molecule has 0 fully saturated rings. The van der Waals surface area contributed by atoms with Crippen LogP contribution in [0.1, 0.15) is 32.8 Å². The summed E-state index contributed by atoms with van der Waals surface area (Å²) in [5, 5.41) is 2.65. The van der Waals surface area contributed by atoms with Crippen molar-refractivity contribution in [3.8, 4) is 5.75 Å². The average molecular weight is 279 g/mol. The van der Waals surface area contributed by atoms with E-state index in [9.17, 15) is 9.59 Å². The molecule has 0 heterocycles. The molecule has 1 aromatic rings. The number of benzene rings is 1. The van der Waals surface area contributed by atoms with E-state index in [4.69, 9.17) is 9.47 Å². The lowest BCUT2D eigenvalue weighted by atomic mass is 10.1. The molecule has 0 aliphatic rings. The van der Waals surface area contributed by atoms with Crippen LogP contribution in [0.15, 0.2) is 18.2 Å². The van der Waals surface area contributed by atoms with Gasteiger partial charge in [0.2, 0.25) is 0 Å². The van der Waals surface area contributed by atoms with Crippen molar-refractivity contribution < 1.29 is 19.1 Å². The largest absolute Gasteiger partial charge is 0.496 e. The minimum Gasteiger partial charge on any atom is -0.496 e. The van der Waals surface area contributed by atoms with Gasteiger partial charge in [0.1, 0.15) is 17.6 Å². The van der Waals surface area contributed by atoms with Crippen LogP contribution in [0.2, 0.25) is 0 Å². The molecule has 0 atom stereocenters. The van der Waals surface area contributed by atoms with Crippen molar-refractivity contribution in [1.29, 1.82) is 0 Å². The Balaban J connectivity index is 2.77. The summed E-state index contributed by atoms with van der Waals surface area (Å²) in [7, 11) is 1.55. The van der Waals surface area contributed by atoms with Crippen molar-refractivity contribution in [1.82, 2.24) is 0 Å². The smallest absolute Gasteiger partial charge is 0.412 e. The zero-order chi connectivity index (χ0) is 15.2. The van der Waals surface area contributed by atoms with Gasteiger partial charge in [0, 0.05) is 18.2 Å². The van der Waals surface area contributed by atoms with Gasteiger partial charge >= 0.3 is 6.09 Å². The summed E-state index contributed by atoms with van der Waals surface area (Å²) in [6.45, 7) is 5.40. The number of aldehydes is 1. The van der Waals surface area contributed by atoms with Crippen LogP contribution in [0.25, 0.3) is 0 Å². The van der Waals surface area contributed by atoms with Gasteiger partial charge in [0.25, 0.3) is 0 Å². The summed E-state index contributed by atoms with van der Waals surface area (Å²) in [5.41, 5.74) is 0.971. The predicted octanol–water partition coefficient (Wildman–Crippen LogP) is 3.17. The van der Waals surface area contributed by atoms with E-state index in [0.29, 0.717) is 24.3 Å². The van der Waals surface area contributed by atoms with Crippen molar-refractivity contribution in [2.24, 2.45) is 0 Å². The number of ether oxygens (including phenoxy) is 2. The van der Waals surface area contributed by atoms with E-state index < -0.39 is 11.7 Å². The molecule has 0 aliphatic carbocycles. The zero-order valence-electron chi connectivity index (χ0n) is 12.4. The standard InChI is InChI=1S/C15H21NO4/c1-15(2,3)20-14(18)16-12-8-7-11(6-5-9-17)13(10-12)19-4/h7-10H,5-6H2,1-4H3,(H,16,18). The van der Waals surface area contributed by atoms with Gasteiger partial charge in [0.05, 0.1) is 7.11 Å². The van der Waals surface area contributed by atoms with Crippen LogP contribution >= 0.6 is 0 Å². The lowest BCUT2D eigenvalue weighted by Crippen LogP contribution is -2.27. The number of amides is 1. The topological polar surface area (TPSA) is 64.6 Å². The lowest BCUT2D eigenvalue weighted by Gasteiger charge is -2.20. The maximum absolute atomic E-state index is 11.7. The Kier molecular flexibility index (Phi) is 5.55. The predicted molar refractivity (Wildman–Crippen MR) is 77.2 cm³/mol. The first-order valence-corrected chi connectivity index (χ1v) is 6.46. The third kappa shape index (κ3) is 5.30. The quantitative estimate of drug-likeness (QED) is 0.841. The number of rotatable bonds is 5. The maximum Gasteiger partial charge on any atom is 0.412 e. The molecule has 0 aliphatic heterocycles. The molecule has 0 saturated carbocycles. The van der Waals surface area contributed by atoms with Crippen molar-refractivity contribution >= 4 is 18.1 Å². The number of hydrogen-bond donors (Lipinski definition) is 1. The van der Waals surface area contributed by atoms with Crippen LogP contribution in [0.5, 0.6) is 5.75 Å². The van der Waals surface area contributed by atoms with Gasteiger partial charge in [-0.2, -0.15) is 0 Å². The lowest BCUT2D eigenvalue weighted by molar-refractivity contribution is -0.107. The van der Waals surface area contributed by atoms with E-state index in [0.717, 1.165) is 11.8 Å². The van der Waals surface area contributed by atoms with Crippen LogP contribution in [-0.4, -0.2) is 25.1 Å². The molecule has 1 N–H and O–H groups in total. The fraction of sp³-hybridized carbons (Fsp3) is 0.467. The average Bonchev–Trinajstić information content (AvgIpc) is 2.34. The molecular weight excluding hydrogens is 258 g/mol. The summed E-state index contributed by atoms with van der Waals surface area (Å²) in [4.78, 5) is 22.1. The molecule has 110 valence electrons. The third-order valence-corrected chi connectivity index (χ3v) is 2.46. The first-order chi connectivity index (χ1) is 9.35. The minimum absolute atomic E-state index is 0.440. The first kappa shape index (κ1) is 16.0. The number of carbonyl (C=O) groups is 2. The molecule has 0 aromatic heterocycles. The summed E-state index contributed by atoms with van der Waals surface area (Å²) >= 11 is 0. The van der Waals surface area contributed by atoms with Gasteiger partial charge in [-0.3, -0.25) is 5.32 Å². The Morgan fingerprint density at radius 1 is 1.35 bits per heavy atom. The number of anilines is 1. The minimum atomic E-state index is -0.544. The summed E-state index contributed by atoms with van der Waals surface area (Å²) in [6, 6.07) is 5.30. The second-order valence-electron chi connectivity index (χ2n) is 5.36. The van der Waals surface area contributed by atoms with Crippen LogP contribution in [0.4, 0.5) is 10.5 Å². The third-order valence-electron chi connectivity index (χ3n) is 2.46. The SMILES string of the molecule is COc1cc(NC(=O)OC(C)(C)C)ccc1CCC=O. The van der Waals surface area contributed by atoms with Crippen LogP contribution < -0.4 is 10.1 Å². The fourth-order valence-electron chi connectivity index (χ4n) is 1.66. The molecule has 1 aromatic carbocycles. The molecule has 0 unspecified atom stereocenters. The highest BCUT2D eigenvalue weighted by molar-refractivity contribution is 5.85. The molecule has 20 heavy (non-hydrogen) atoms. The molecule has 1 rings (SSSR count). The Morgan fingerprint density at radius 3 is 2.60 bits per heavy atom. The van der Waals surface area contributed by atoms with Gasteiger partial charge in [-0.05, 0) is 38.8 Å². The molecule has 5 nitrogen and oxygen atoms in total. The van der Waals surface area contributed by atoms with E-state index in [2.05, 4.69) is 5.32 Å². The Labute approximate surface area is 119 Å². The number of carbonyl (C=O) groups excluding carboxylic acids is 2. The number of nitrogens with one attached hydrogen (secondary N) is 1. The Bertz CT molecular complexity index is 477. The molecule has 0 radical (unpaired) electrons. The van der Waals surface area contributed by atoms with E-state index in [1.165, 1.54) is 0 Å². The Hall–Kier alpha value is -2.04. The summed E-state index contributed by atoms with van der Waals surface area (Å²) < 4.78 is 10.4. The number of aryl methyl sites for hydroxylation is 1. The summed E-state index contributed by atoms with van der Waals surface area (Å²) in [6.07, 6.45) is 1.40. The Morgan fingerprint density at radius 2 is 2.05 bits per heavy atom. The van der Waals surface area contributed by atoms with E-state index in [-0.39, 0.29) is 0 Å². The molecular formula is C15H21NO4. The highest BCUT2D eigenvalue weighted by atomic mass is 16.6. The van der Waals surface area contributed by atoms with Crippen molar-refractivity contribution in [3.05, 3.63) is 23.8 Å². The highest BCUT2D eigenvalue weighted by Crippen LogP contribution is 2.24. The molecule has 5 heteroatoms. The van der Waals surface area contributed by atoms with Gasteiger partial charge in [0.15, 0.2) is 0 Å². The summed E-state index contributed by atoms with van der Waals surface area (Å²) in [5.74, 6) is 0.639. The van der Waals surface area contributed by atoms with Crippen LogP contribution in [-0.2, 0) is 16.0 Å². The van der Waals surface area contributed by atoms with Crippen LogP contribution in [0, 0.1) is 0 Å². The second kappa shape index (κ2) is 6.93. The van der Waals surface area contributed by atoms with E-state index in [1.807, 2.05) is 6.07 Å². The second-order valence-corrected chi connectivity index (χ2v) is 5.36. The van der Waals surface area contributed by atoms with Crippen molar-refractivity contribution in [2.45, 2.75) is 39.2 Å². The molecule has 0 saturated heterocycles. The monoisotopic (exact) mass is 279 g/mol. The van der Waals surface area contributed by atoms with Gasteiger partial charge in [-0.15, -0.1) is 0 Å². The number of hydrogen-bond acceptors (Lipinski definition) is 4. The molecule has 1 amide bonds. The van der Waals surface area contributed by atoms with Crippen molar-refractivity contribution in [2.75, 3.05) is 12.4 Å². The van der Waals surface area contributed by atoms with E-state index >= 15 is 0 Å². The van der Waals surface area contributed by atoms with Crippen LogP contribution in [0.3, 0.4) is 0 Å². The maximum atomic E-state index is 11.7. The highest BCUT2D eigenvalue weighted by Gasteiger charge is 2.16. The van der Waals surface area contributed by atoms with Gasteiger partial charge in [-0.25, -0.2) is 4.79 Å². The molecule has 0 spiro atoms. The van der Waals surface area contributed by atoms with Crippen molar-refractivity contribution in [3.63, 3.8) is 0 Å². The van der Waals surface area contributed by atoms with E-state index in [1.54, 1.807) is 40.0 Å². The normalized spacial score (nSPS) is 10.8. The number of methoxy groups -OCH3 is 1. The first-order valence-electron chi connectivity index (χ1n) is 6.46. The van der Waals surface area contributed by atoms with Gasteiger partial charge < -0.3 is 14.3 Å². The van der Waals surface area contributed by atoms with Gasteiger partial charge in [-0.1, -0.05) is 6.07 Å². The zero-order valence-corrected chi connectivity index (χ0v) is 12.4.